The lowest BCUT2D eigenvalue weighted by Crippen LogP contribution is -2.33. The van der Waals surface area contributed by atoms with Crippen molar-refractivity contribution >= 4 is 23.2 Å². The van der Waals surface area contributed by atoms with Crippen LogP contribution in [0.4, 0.5) is 5.69 Å². The molecular weight excluding hydrogens is 280 g/mol. The zero-order valence-corrected chi connectivity index (χ0v) is 12.3. The fourth-order valence-corrected chi connectivity index (χ4v) is 1.77. The molecule has 20 heavy (non-hydrogen) atoms. The maximum atomic E-state index is 11.8. The van der Waals surface area contributed by atoms with E-state index in [1.54, 1.807) is 24.3 Å². The summed E-state index contributed by atoms with van der Waals surface area (Å²) in [4.78, 5) is 11.8. The number of carbonyl (C=O) groups is 1. The van der Waals surface area contributed by atoms with Crippen LogP contribution in [0.3, 0.4) is 0 Å². The van der Waals surface area contributed by atoms with Gasteiger partial charge < -0.3 is 20.5 Å². The Morgan fingerprint density at radius 1 is 1.35 bits per heavy atom. The normalized spacial score (nSPS) is 12.2. The zero-order chi connectivity index (χ0) is 14.8. The maximum Gasteiger partial charge on any atom is 0.225 e. The minimum atomic E-state index is -0.0522. The Balaban J connectivity index is 2.19. The predicted molar refractivity (Wildman–Crippen MR) is 80.1 cm³/mol. The molecule has 0 aromatic heterocycles. The monoisotopic (exact) mass is 300 g/mol. The summed E-state index contributed by atoms with van der Waals surface area (Å²) < 4.78 is 5.12. The molecule has 1 aromatic rings. The molecule has 0 saturated carbocycles. The van der Waals surface area contributed by atoms with Crippen LogP contribution in [0.2, 0.25) is 5.02 Å². The third kappa shape index (κ3) is 7.45. The number of anilines is 1. The van der Waals surface area contributed by atoms with E-state index >= 15 is 0 Å². The van der Waals surface area contributed by atoms with Gasteiger partial charge in [-0.2, -0.15) is 0 Å². The molecule has 3 N–H and O–H groups in total. The lowest BCUT2D eigenvalue weighted by molar-refractivity contribution is -0.116. The summed E-state index contributed by atoms with van der Waals surface area (Å²) in [5, 5.41) is 15.2. The molecule has 0 aliphatic carbocycles. The van der Waals surface area contributed by atoms with Crippen LogP contribution in [0.25, 0.3) is 0 Å². The first-order valence-corrected chi connectivity index (χ1v) is 6.97. The fourth-order valence-electron chi connectivity index (χ4n) is 1.64. The van der Waals surface area contributed by atoms with Crippen molar-refractivity contribution in [1.82, 2.24) is 5.32 Å². The lowest BCUT2D eigenvalue weighted by Gasteiger charge is -2.13. The van der Waals surface area contributed by atoms with Gasteiger partial charge in [0.05, 0.1) is 19.8 Å². The van der Waals surface area contributed by atoms with Crippen LogP contribution in [-0.4, -0.2) is 43.4 Å². The van der Waals surface area contributed by atoms with E-state index in [0.29, 0.717) is 31.2 Å². The van der Waals surface area contributed by atoms with E-state index in [-0.39, 0.29) is 18.6 Å². The van der Waals surface area contributed by atoms with E-state index < -0.39 is 0 Å². The van der Waals surface area contributed by atoms with E-state index in [2.05, 4.69) is 10.6 Å². The van der Waals surface area contributed by atoms with Crippen molar-refractivity contribution in [3.05, 3.63) is 29.3 Å². The van der Waals surface area contributed by atoms with Gasteiger partial charge in [-0.1, -0.05) is 11.6 Å². The Labute approximate surface area is 124 Å². The van der Waals surface area contributed by atoms with Gasteiger partial charge in [0.2, 0.25) is 5.91 Å². The SMILES string of the molecule is CC(CC(=O)Nc1ccc(Cl)cc1)NCCOCCO. The van der Waals surface area contributed by atoms with Crippen LogP contribution in [0.5, 0.6) is 0 Å². The summed E-state index contributed by atoms with van der Waals surface area (Å²) in [6.45, 7) is 3.47. The number of hydrogen-bond donors (Lipinski definition) is 3. The zero-order valence-electron chi connectivity index (χ0n) is 11.6. The summed E-state index contributed by atoms with van der Waals surface area (Å²) in [6, 6.07) is 7.05. The molecule has 1 amide bonds. The minimum absolute atomic E-state index is 0.0268. The number of amides is 1. The van der Waals surface area contributed by atoms with Gasteiger partial charge in [0.1, 0.15) is 0 Å². The van der Waals surface area contributed by atoms with E-state index in [1.807, 2.05) is 6.92 Å². The van der Waals surface area contributed by atoms with Crippen LogP contribution in [0, 0.1) is 0 Å². The standard InChI is InChI=1S/C14H21ClN2O3/c1-11(16-6-8-20-9-7-18)10-14(19)17-13-4-2-12(15)3-5-13/h2-5,11,16,18H,6-10H2,1H3,(H,17,19). The summed E-state index contributed by atoms with van der Waals surface area (Å²) in [5.41, 5.74) is 0.734. The number of halogens is 1. The number of hydrogen-bond acceptors (Lipinski definition) is 4. The number of nitrogens with one attached hydrogen (secondary N) is 2. The van der Waals surface area contributed by atoms with Crippen molar-refractivity contribution in [1.29, 1.82) is 0 Å². The highest BCUT2D eigenvalue weighted by Crippen LogP contribution is 2.13. The summed E-state index contributed by atoms with van der Waals surface area (Å²) in [6.07, 6.45) is 0.378. The summed E-state index contributed by atoms with van der Waals surface area (Å²) >= 11 is 5.78. The number of aliphatic hydroxyl groups excluding tert-OH is 1. The second-order valence-corrected chi connectivity index (χ2v) is 4.89. The topological polar surface area (TPSA) is 70.6 Å². The van der Waals surface area contributed by atoms with Crippen molar-refractivity contribution in [2.24, 2.45) is 0 Å². The van der Waals surface area contributed by atoms with Gasteiger partial charge in [-0.15, -0.1) is 0 Å². The highest BCUT2D eigenvalue weighted by atomic mass is 35.5. The van der Waals surface area contributed by atoms with Crippen LogP contribution in [0.15, 0.2) is 24.3 Å². The first-order chi connectivity index (χ1) is 9.61. The molecule has 0 aliphatic rings. The van der Waals surface area contributed by atoms with E-state index in [0.717, 1.165) is 5.69 Å². The second-order valence-electron chi connectivity index (χ2n) is 4.45. The third-order valence-electron chi connectivity index (χ3n) is 2.59. The van der Waals surface area contributed by atoms with Crippen LogP contribution >= 0.6 is 11.6 Å². The number of benzene rings is 1. The van der Waals surface area contributed by atoms with E-state index in [1.165, 1.54) is 0 Å². The van der Waals surface area contributed by atoms with Crippen LogP contribution in [-0.2, 0) is 9.53 Å². The molecule has 1 aromatic carbocycles. The van der Waals surface area contributed by atoms with Gasteiger partial charge in [0.15, 0.2) is 0 Å². The van der Waals surface area contributed by atoms with Crippen LogP contribution in [0.1, 0.15) is 13.3 Å². The Morgan fingerprint density at radius 2 is 2.05 bits per heavy atom. The molecular formula is C14H21ClN2O3. The molecule has 5 nitrogen and oxygen atoms in total. The smallest absolute Gasteiger partial charge is 0.225 e. The number of carbonyl (C=O) groups excluding carboxylic acids is 1. The highest BCUT2D eigenvalue weighted by Gasteiger charge is 2.08. The predicted octanol–water partition coefficient (Wildman–Crippen LogP) is 1.66. The van der Waals surface area contributed by atoms with Crippen molar-refractivity contribution in [2.45, 2.75) is 19.4 Å². The van der Waals surface area contributed by atoms with Crippen molar-refractivity contribution in [3.8, 4) is 0 Å². The first kappa shape index (κ1) is 16.9. The second kappa shape index (κ2) is 9.72. The molecule has 112 valence electrons. The van der Waals surface area contributed by atoms with Crippen molar-refractivity contribution < 1.29 is 14.6 Å². The molecule has 0 aliphatic heterocycles. The summed E-state index contributed by atoms with van der Waals surface area (Å²) in [5.74, 6) is -0.0522. The first-order valence-electron chi connectivity index (χ1n) is 6.59. The van der Waals surface area contributed by atoms with Gasteiger partial charge >= 0.3 is 0 Å². The third-order valence-corrected chi connectivity index (χ3v) is 2.85. The van der Waals surface area contributed by atoms with Crippen molar-refractivity contribution in [3.63, 3.8) is 0 Å². The molecule has 6 heteroatoms. The largest absolute Gasteiger partial charge is 0.394 e. The number of rotatable bonds is 9. The van der Waals surface area contributed by atoms with Gasteiger partial charge in [-0.25, -0.2) is 0 Å². The average molecular weight is 301 g/mol. The average Bonchev–Trinajstić information content (AvgIpc) is 2.41. The molecule has 0 radical (unpaired) electrons. The molecule has 1 rings (SSSR count). The lowest BCUT2D eigenvalue weighted by atomic mass is 10.2. The van der Waals surface area contributed by atoms with Gasteiger partial charge in [0.25, 0.3) is 0 Å². The Kier molecular flexibility index (Phi) is 8.22. The van der Waals surface area contributed by atoms with Crippen molar-refractivity contribution in [2.75, 3.05) is 31.7 Å². The molecule has 1 unspecified atom stereocenters. The molecule has 0 heterocycles. The Bertz CT molecular complexity index is 398. The minimum Gasteiger partial charge on any atom is -0.394 e. The van der Waals surface area contributed by atoms with Gasteiger partial charge in [-0.3, -0.25) is 4.79 Å². The van der Waals surface area contributed by atoms with E-state index in [4.69, 9.17) is 21.4 Å². The maximum absolute atomic E-state index is 11.8. The summed E-state index contributed by atoms with van der Waals surface area (Å²) in [7, 11) is 0. The molecule has 0 bridgehead atoms. The molecule has 1 atom stereocenters. The fraction of sp³-hybridized carbons (Fsp3) is 0.500. The Morgan fingerprint density at radius 3 is 2.70 bits per heavy atom. The van der Waals surface area contributed by atoms with Crippen LogP contribution < -0.4 is 10.6 Å². The van der Waals surface area contributed by atoms with Gasteiger partial charge in [-0.05, 0) is 31.2 Å². The highest BCUT2D eigenvalue weighted by molar-refractivity contribution is 6.30. The number of ether oxygens (including phenoxy) is 1. The molecule has 0 fully saturated rings. The number of aliphatic hydroxyl groups is 1. The quantitative estimate of drug-likeness (QED) is 0.607. The Hall–Kier alpha value is -1.14. The molecule has 0 spiro atoms. The van der Waals surface area contributed by atoms with Gasteiger partial charge in [0, 0.05) is 29.7 Å². The molecule has 0 saturated heterocycles. The van der Waals surface area contributed by atoms with E-state index in [9.17, 15) is 4.79 Å².